The first-order valence-electron chi connectivity index (χ1n) is 4.42. The van der Waals surface area contributed by atoms with E-state index in [0.29, 0.717) is 11.4 Å². The molecule has 0 spiro atoms. The molecule has 0 aliphatic rings. The Morgan fingerprint density at radius 1 is 1.53 bits per heavy atom. The van der Waals surface area contributed by atoms with E-state index in [9.17, 15) is 4.79 Å². The molecule has 76 valence electrons. The van der Waals surface area contributed by atoms with E-state index in [1.54, 1.807) is 25.5 Å². The lowest BCUT2D eigenvalue weighted by atomic mass is 10.2. The second-order valence-corrected chi connectivity index (χ2v) is 3.14. The third kappa shape index (κ3) is 1.71. The lowest BCUT2D eigenvalue weighted by Gasteiger charge is -1.93. The third-order valence-electron chi connectivity index (χ3n) is 2.09. The molecule has 2 aromatic rings. The molecule has 0 radical (unpaired) electrons. The summed E-state index contributed by atoms with van der Waals surface area (Å²) in [5.74, 6) is -0.486. The molecule has 0 aromatic carbocycles. The Labute approximate surface area is 86.5 Å². The van der Waals surface area contributed by atoms with Gasteiger partial charge < -0.3 is 5.73 Å². The molecule has 0 saturated heterocycles. The van der Waals surface area contributed by atoms with Crippen molar-refractivity contribution in [1.29, 1.82) is 0 Å². The topological polar surface area (TPSA) is 73.8 Å². The predicted molar refractivity (Wildman–Crippen MR) is 55.0 cm³/mol. The fourth-order valence-electron chi connectivity index (χ4n) is 1.35. The van der Waals surface area contributed by atoms with E-state index in [1.807, 2.05) is 12.1 Å². The number of aromatic nitrogens is 3. The summed E-state index contributed by atoms with van der Waals surface area (Å²) in [5, 5.41) is 4.18. The first kappa shape index (κ1) is 9.39. The van der Waals surface area contributed by atoms with Crippen molar-refractivity contribution < 1.29 is 4.79 Å². The highest BCUT2D eigenvalue weighted by molar-refractivity contribution is 5.92. The zero-order valence-corrected chi connectivity index (χ0v) is 8.21. The average molecular weight is 202 g/mol. The summed E-state index contributed by atoms with van der Waals surface area (Å²) in [6, 6.07) is 5.34. The zero-order valence-electron chi connectivity index (χ0n) is 8.21. The van der Waals surface area contributed by atoms with E-state index in [0.717, 1.165) is 5.56 Å². The molecule has 5 heteroatoms. The Morgan fingerprint density at radius 3 is 2.87 bits per heavy atom. The van der Waals surface area contributed by atoms with Gasteiger partial charge in [-0.3, -0.25) is 14.5 Å². The highest BCUT2D eigenvalue weighted by atomic mass is 16.1. The van der Waals surface area contributed by atoms with Crippen LogP contribution in [-0.2, 0) is 7.05 Å². The maximum absolute atomic E-state index is 11.0. The lowest BCUT2D eigenvalue weighted by Crippen LogP contribution is -2.15. The summed E-state index contributed by atoms with van der Waals surface area (Å²) < 4.78 is 1.46. The van der Waals surface area contributed by atoms with Crippen molar-refractivity contribution in [3.8, 4) is 11.3 Å². The molecule has 5 nitrogen and oxygen atoms in total. The van der Waals surface area contributed by atoms with E-state index < -0.39 is 5.91 Å². The SMILES string of the molecule is Cn1nc(-c2cccnc2)cc1C(N)=O. The molecule has 15 heavy (non-hydrogen) atoms. The van der Waals surface area contributed by atoms with Crippen LogP contribution in [0.1, 0.15) is 10.5 Å². The number of carbonyl (C=O) groups is 1. The molecule has 0 aliphatic carbocycles. The van der Waals surface area contributed by atoms with Crippen LogP contribution in [0, 0.1) is 0 Å². The second kappa shape index (κ2) is 3.53. The van der Waals surface area contributed by atoms with Crippen LogP contribution in [0.4, 0.5) is 0 Å². The van der Waals surface area contributed by atoms with Crippen molar-refractivity contribution >= 4 is 5.91 Å². The van der Waals surface area contributed by atoms with E-state index >= 15 is 0 Å². The highest BCUT2D eigenvalue weighted by Gasteiger charge is 2.10. The number of aryl methyl sites for hydroxylation is 1. The van der Waals surface area contributed by atoms with Gasteiger partial charge in [0.15, 0.2) is 0 Å². The Kier molecular flexibility index (Phi) is 2.21. The minimum absolute atomic E-state index is 0.383. The van der Waals surface area contributed by atoms with Crippen LogP contribution >= 0.6 is 0 Å². The lowest BCUT2D eigenvalue weighted by molar-refractivity contribution is 0.0991. The number of nitrogens with zero attached hydrogens (tertiary/aromatic N) is 3. The summed E-state index contributed by atoms with van der Waals surface area (Å²) in [5.41, 5.74) is 7.13. The van der Waals surface area contributed by atoms with Crippen molar-refractivity contribution in [3.05, 3.63) is 36.3 Å². The number of nitrogens with two attached hydrogens (primary N) is 1. The second-order valence-electron chi connectivity index (χ2n) is 3.14. The molecular formula is C10H10N4O. The van der Waals surface area contributed by atoms with Crippen molar-refractivity contribution in [2.75, 3.05) is 0 Å². The molecule has 0 fully saturated rings. The van der Waals surface area contributed by atoms with Crippen LogP contribution in [0.15, 0.2) is 30.6 Å². The maximum atomic E-state index is 11.0. The van der Waals surface area contributed by atoms with Gasteiger partial charge in [0, 0.05) is 25.0 Å². The van der Waals surface area contributed by atoms with E-state index in [2.05, 4.69) is 10.1 Å². The van der Waals surface area contributed by atoms with Gasteiger partial charge in [0.1, 0.15) is 5.69 Å². The summed E-state index contributed by atoms with van der Waals surface area (Å²) in [4.78, 5) is 15.0. The van der Waals surface area contributed by atoms with E-state index in [1.165, 1.54) is 4.68 Å². The van der Waals surface area contributed by atoms with Crippen LogP contribution in [0.2, 0.25) is 0 Å². The molecule has 2 rings (SSSR count). The Bertz CT molecular complexity index is 489. The predicted octanol–water partition coefficient (Wildman–Crippen LogP) is 0.581. The van der Waals surface area contributed by atoms with Crippen LogP contribution in [0.3, 0.4) is 0 Å². The van der Waals surface area contributed by atoms with Gasteiger partial charge in [0.05, 0.1) is 5.69 Å². The Morgan fingerprint density at radius 2 is 2.33 bits per heavy atom. The molecule has 0 unspecified atom stereocenters. The van der Waals surface area contributed by atoms with Gasteiger partial charge in [-0.25, -0.2) is 0 Å². The molecule has 2 N–H and O–H groups in total. The quantitative estimate of drug-likeness (QED) is 0.774. The third-order valence-corrected chi connectivity index (χ3v) is 2.09. The number of pyridine rings is 1. The van der Waals surface area contributed by atoms with Gasteiger partial charge in [-0.1, -0.05) is 0 Å². The number of hydrogen-bond acceptors (Lipinski definition) is 3. The minimum atomic E-state index is -0.486. The fourth-order valence-corrected chi connectivity index (χ4v) is 1.35. The summed E-state index contributed by atoms with van der Waals surface area (Å²) in [6.07, 6.45) is 3.37. The van der Waals surface area contributed by atoms with Crippen LogP contribution in [0.5, 0.6) is 0 Å². The number of primary amides is 1. The number of carbonyl (C=O) groups excluding carboxylic acids is 1. The molecule has 0 aliphatic heterocycles. The van der Waals surface area contributed by atoms with Crippen molar-refractivity contribution in [2.45, 2.75) is 0 Å². The van der Waals surface area contributed by atoms with Gasteiger partial charge in [0.2, 0.25) is 0 Å². The Balaban J connectivity index is 2.48. The molecule has 0 saturated carbocycles. The Hall–Kier alpha value is -2.17. The number of hydrogen-bond donors (Lipinski definition) is 1. The average Bonchev–Trinajstić information content (AvgIpc) is 2.62. The van der Waals surface area contributed by atoms with Crippen molar-refractivity contribution in [1.82, 2.24) is 14.8 Å². The van der Waals surface area contributed by atoms with Gasteiger partial charge in [0.25, 0.3) is 5.91 Å². The van der Waals surface area contributed by atoms with Crippen LogP contribution in [-0.4, -0.2) is 20.7 Å². The fraction of sp³-hybridized carbons (Fsp3) is 0.100. The monoisotopic (exact) mass is 202 g/mol. The van der Waals surface area contributed by atoms with E-state index in [-0.39, 0.29) is 0 Å². The molecule has 0 atom stereocenters. The van der Waals surface area contributed by atoms with Crippen LogP contribution < -0.4 is 5.73 Å². The van der Waals surface area contributed by atoms with Crippen molar-refractivity contribution in [3.63, 3.8) is 0 Å². The molecule has 1 amide bonds. The molecule has 0 bridgehead atoms. The van der Waals surface area contributed by atoms with Gasteiger partial charge in [-0.2, -0.15) is 5.10 Å². The summed E-state index contributed by atoms with van der Waals surface area (Å²) in [7, 11) is 1.68. The molecular weight excluding hydrogens is 192 g/mol. The number of rotatable bonds is 2. The van der Waals surface area contributed by atoms with E-state index in [4.69, 9.17) is 5.73 Å². The maximum Gasteiger partial charge on any atom is 0.266 e. The van der Waals surface area contributed by atoms with Gasteiger partial charge in [-0.05, 0) is 18.2 Å². The zero-order chi connectivity index (χ0) is 10.8. The van der Waals surface area contributed by atoms with Crippen LogP contribution in [0.25, 0.3) is 11.3 Å². The first-order chi connectivity index (χ1) is 7.18. The first-order valence-corrected chi connectivity index (χ1v) is 4.42. The minimum Gasteiger partial charge on any atom is -0.364 e. The van der Waals surface area contributed by atoms with Gasteiger partial charge >= 0.3 is 0 Å². The normalized spacial score (nSPS) is 10.2. The van der Waals surface area contributed by atoms with Crippen molar-refractivity contribution in [2.24, 2.45) is 12.8 Å². The molecule has 2 heterocycles. The number of amides is 1. The largest absolute Gasteiger partial charge is 0.364 e. The highest BCUT2D eigenvalue weighted by Crippen LogP contribution is 2.16. The molecule has 2 aromatic heterocycles. The smallest absolute Gasteiger partial charge is 0.266 e. The standard InChI is InChI=1S/C10H10N4O/c1-14-9(10(11)15)5-8(13-14)7-3-2-4-12-6-7/h2-6H,1H3,(H2,11,15). The summed E-state index contributed by atoms with van der Waals surface area (Å²) in [6.45, 7) is 0. The summed E-state index contributed by atoms with van der Waals surface area (Å²) >= 11 is 0. The van der Waals surface area contributed by atoms with Gasteiger partial charge in [-0.15, -0.1) is 0 Å².